The Morgan fingerprint density at radius 1 is 1.00 bits per heavy atom. The number of fused-ring (bicyclic) bond motifs is 1. The van der Waals surface area contributed by atoms with E-state index in [0.717, 1.165) is 19.5 Å². The lowest BCUT2D eigenvalue weighted by Gasteiger charge is -2.09. The Bertz CT molecular complexity index is 889. The highest BCUT2D eigenvalue weighted by atomic mass is 15.0. The Morgan fingerprint density at radius 2 is 1.68 bits per heavy atom. The molecule has 25 heavy (non-hydrogen) atoms. The van der Waals surface area contributed by atoms with E-state index in [2.05, 4.69) is 79.9 Å². The van der Waals surface area contributed by atoms with E-state index in [-0.39, 0.29) is 0 Å². The van der Waals surface area contributed by atoms with Crippen LogP contribution in [0.2, 0.25) is 0 Å². The Hall–Kier alpha value is -2.06. The van der Waals surface area contributed by atoms with E-state index in [1.807, 2.05) is 0 Å². The summed E-state index contributed by atoms with van der Waals surface area (Å²) in [4.78, 5) is 0. The van der Waals surface area contributed by atoms with Crippen LogP contribution in [0.5, 0.6) is 0 Å². The second-order valence-electron chi connectivity index (χ2n) is 8.07. The van der Waals surface area contributed by atoms with Gasteiger partial charge in [0.05, 0.1) is 0 Å². The first-order chi connectivity index (χ1) is 12.1. The van der Waals surface area contributed by atoms with Crippen LogP contribution in [0.4, 0.5) is 0 Å². The fourth-order valence-electron chi connectivity index (χ4n) is 4.86. The molecule has 2 heteroatoms. The molecule has 1 saturated carbocycles. The van der Waals surface area contributed by atoms with Crippen LogP contribution in [0, 0.1) is 18.3 Å². The topological polar surface area (TPSA) is 30.9 Å². The minimum atomic E-state index is 0.353. The molecule has 0 radical (unpaired) electrons. The van der Waals surface area contributed by atoms with E-state index >= 15 is 0 Å². The van der Waals surface area contributed by atoms with Crippen molar-refractivity contribution in [1.82, 2.24) is 4.57 Å². The molecule has 0 aliphatic heterocycles. The summed E-state index contributed by atoms with van der Waals surface area (Å²) in [5, 5.41) is 1.42. The molecule has 0 bridgehead atoms. The van der Waals surface area contributed by atoms with Crippen molar-refractivity contribution in [1.29, 1.82) is 0 Å². The van der Waals surface area contributed by atoms with Gasteiger partial charge in [-0.25, -0.2) is 0 Å². The molecule has 2 nitrogen and oxygen atoms in total. The van der Waals surface area contributed by atoms with Crippen molar-refractivity contribution in [2.24, 2.45) is 17.1 Å². The maximum Gasteiger partial charge on any atom is 0.0488 e. The number of hydrogen-bond donors (Lipinski definition) is 1. The zero-order valence-corrected chi connectivity index (χ0v) is 15.5. The van der Waals surface area contributed by atoms with E-state index in [0.29, 0.717) is 17.3 Å². The van der Waals surface area contributed by atoms with E-state index < -0.39 is 0 Å². The van der Waals surface area contributed by atoms with Gasteiger partial charge in [0.25, 0.3) is 0 Å². The second kappa shape index (κ2) is 6.03. The van der Waals surface area contributed by atoms with Crippen molar-refractivity contribution in [2.45, 2.75) is 39.7 Å². The van der Waals surface area contributed by atoms with Crippen molar-refractivity contribution in [3.8, 4) is 0 Å². The summed E-state index contributed by atoms with van der Waals surface area (Å²) in [6.07, 6.45) is 1.12. The number of benzene rings is 2. The lowest BCUT2D eigenvalue weighted by Crippen LogP contribution is -2.03. The van der Waals surface area contributed by atoms with Gasteiger partial charge in [0.2, 0.25) is 0 Å². The molecule has 2 aromatic carbocycles. The highest BCUT2D eigenvalue weighted by Crippen LogP contribution is 2.67. The molecule has 130 valence electrons. The molecule has 0 amide bonds. The van der Waals surface area contributed by atoms with E-state index in [9.17, 15) is 0 Å². The maximum atomic E-state index is 5.88. The van der Waals surface area contributed by atoms with Crippen LogP contribution in [-0.4, -0.2) is 11.1 Å². The maximum absolute atomic E-state index is 5.88. The number of aromatic nitrogens is 1. The number of para-hydroxylation sites is 1. The van der Waals surface area contributed by atoms with Crippen molar-refractivity contribution in [3.05, 3.63) is 71.4 Å². The number of nitrogens with zero attached hydrogens (tertiary/aromatic N) is 1. The summed E-state index contributed by atoms with van der Waals surface area (Å²) in [7, 11) is 0. The van der Waals surface area contributed by atoms with E-state index in [4.69, 9.17) is 5.73 Å². The first kappa shape index (κ1) is 16.4. The molecule has 1 aliphatic rings. The molecule has 1 aromatic heterocycles. The average Bonchev–Trinajstić information content (AvgIpc) is 3.02. The molecule has 1 heterocycles. The SMILES string of the molecule is Cc1c([C@@H]2[C@H](CCN)C2(C)C)c2ccccc2n1Cc1ccccc1. The normalized spacial score (nSPS) is 21.6. The molecular formula is C23H28N2. The zero-order chi connectivity index (χ0) is 17.6. The molecule has 1 fully saturated rings. The van der Waals surface area contributed by atoms with E-state index in [1.54, 1.807) is 5.56 Å². The van der Waals surface area contributed by atoms with Gasteiger partial charge in [-0.1, -0.05) is 62.4 Å². The van der Waals surface area contributed by atoms with E-state index in [1.165, 1.54) is 22.2 Å². The Labute approximate surface area is 150 Å². The first-order valence-corrected chi connectivity index (χ1v) is 9.37. The van der Waals surface area contributed by atoms with Gasteiger partial charge in [0, 0.05) is 23.1 Å². The predicted octanol–water partition coefficient (Wildman–Crippen LogP) is 5.09. The molecule has 0 spiro atoms. The number of nitrogens with two attached hydrogens (primary N) is 1. The summed E-state index contributed by atoms with van der Waals surface area (Å²) in [6.45, 7) is 8.82. The van der Waals surface area contributed by atoms with Gasteiger partial charge in [0.1, 0.15) is 0 Å². The molecule has 2 N–H and O–H groups in total. The standard InChI is InChI=1S/C23H28N2/c1-16-21(22-19(13-14-24)23(22,2)3)18-11-7-8-12-20(18)25(16)15-17-9-5-4-6-10-17/h4-12,19,22H,13-15,24H2,1-3H3/t19-,22-/m0/s1. The van der Waals surface area contributed by atoms with Gasteiger partial charge in [-0.05, 0) is 54.3 Å². The molecule has 1 aliphatic carbocycles. The zero-order valence-electron chi connectivity index (χ0n) is 15.5. The Balaban J connectivity index is 1.82. The van der Waals surface area contributed by atoms with Crippen LogP contribution in [0.3, 0.4) is 0 Å². The summed E-state index contributed by atoms with van der Waals surface area (Å²) >= 11 is 0. The lowest BCUT2D eigenvalue weighted by molar-refractivity contribution is 0.534. The molecular weight excluding hydrogens is 304 g/mol. The average molecular weight is 332 g/mol. The fraction of sp³-hybridized carbons (Fsp3) is 0.391. The minimum Gasteiger partial charge on any atom is -0.340 e. The van der Waals surface area contributed by atoms with Crippen molar-refractivity contribution < 1.29 is 0 Å². The van der Waals surface area contributed by atoms with Gasteiger partial charge in [-0.2, -0.15) is 0 Å². The monoisotopic (exact) mass is 332 g/mol. The van der Waals surface area contributed by atoms with Crippen molar-refractivity contribution in [2.75, 3.05) is 6.54 Å². The van der Waals surface area contributed by atoms with Crippen molar-refractivity contribution >= 4 is 10.9 Å². The van der Waals surface area contributed by atoms with Crippen LogP contribution < -0.4 is 5.73 Å². The molecule has 0 saturated heterocycles. The first-order valence-electron chi connectivity index (χ1n) is 9.37. The second-order valence-corrected chi connectivity index (χ2v) is 8.07. The fourth-order valence-corrected chi connectivity index (χ4v) is 4.86. The summed E-state index contributed by atoms with van der Waals surface area (Å²) in [5.74, 6) is 1.32. The molecule has 0 unspecified atom stereocenters. The van der Waals surface area contributed by atoms with Crippen LogP contribution in [0.15, 0.2) is 54.6 Å². The number of rotatable bonds is 5. The lowest BCUT2D eigenvalue weighted by atomic mass is 10.0. The quantitative estimate of drug-likeness (QED) is 0.693. The smallest absolute Gasteiger partial charge is 0.0488 e. The van der Waals surface area contributed by atoms with Crippen LogP contribution >= 0.6 is 0 Å². The highest BCUT2D eigenvalue weighted by Gasteiger charge is 2.58. The Morgan fingerprint density at radius 3 is 2.40 bits per heavy atom. The van der Waals surface area contributed by atoms with Gasteiger partial charge in [-0.15, -0.1) is 0 Å². The largest absolute Gasteiger partial charge is 0.340 e. The summed E-state index contributed by atoms with van der Waals surface area (Å²) in [6, 6.07) is 19.7. The highest BCUT2D eigenvalue weighted by molar-refractivity contribution is 5.87. The van der Waals surface area contributed by atoms with Gasteiger partial charge in [-0.3, -0.25) is 0 Å². The minimum absolute atomic E-state index is 0.353. The molecule has 4 rings (SSSR count). The number of hydrogen-bond acceptors (Lipinski definition) is 1. The van der Waals surface area contributed by atoms with Gasteiger partial charge in [0.15, 0.2) is 0 Å². The van der Waals surface area contributed by atoms with Crippen molar-refractivity contribution in [3.63, 3.8) is 0 Å². The Kier molecular flexibility index (Phi) is 3.96. The molecule has 3 aromatic rings. The summed E-state index contributed by atoms with van der Waals surface area (Å²) < 4.78 is 2.49. The summed E-state index contributed by atoms with van der Waals surface area (Å²) in [5.41, 5.74) is 11.9. The van der Waals surface area contributed by atoms with Gasteiger partial charge < -0.3 is 10.3 Å². The third kappa shape index (κ3) is 2.60. The van der Waals surface area contributed by atoms with Gasteiger partial charge >= 0.3 is 0 Å². The third-order valence-electron chi connectivity index (χ3n) is 6.30. The van der Waals surface area contributed by atoms with Crippen LogP contribution in [0.25, 0.3) is 10.9 Å². The van der Waals surface area contributed by atoms with Crippen LogP contribution in [-0.2, 0) is 6.54 Å². The van der Waals surface area contributed by atoms with Crippen LogP contribution in [0.1, 0.15) is 43.0 Å². The third-order valence-corrected chi connectivity index (χ3v) is 6.30. The predicted molar refractivity (Wildman–Crippen MR) is 106 cm³/mol. The molecule has 2 atom stereocenters.